The smallest absolute Gasteiger partial charge is 0.375 e. The van der Waals surface area contributed by atoms with Gasteiger partial charge in [0.2, 0.25) is 5.76 Å². The van der Waals surface area contributed by atoms with Crippen LogP contribution >= 0.6 is 0 Å². The van der Waals surface area contributed by atoms with Gasteiger partial charge in [-0.3, -0.25) is 0 Å². The Hall–Kier alpha value is -2.50. The van der Waals surface area contributed by atoms with Crippen LogP contribution in [0.25, 0.3) is 11.3 Å². The predicted octanol–water partition coefficient (Wildman–Crippen LogP) is 3.20. The lowest BCUT2D eigenvalue weighted by Crippen LogP contribution is -2.08. The molecule has 112 valence electrons. The normalized spacial score (nSPS) is 10.4. The van der Waals surface area contributed by atoms with Crippen LogP contribution in [0.4, 0.5) is 0 Å². The van der Waals surface area contributed by atoms with Crippen molar-refractivity contribution in [3.05, 3.63) is 35.5 Å². The third-order valence-electron chi connectivity index (χ3n) is 2.79. The molecule has 0 saturated heterocycles. The van der Waals surface area contributed by atoms with Crippen LogP contribution in [0.3, 0.4) is 0 Å². The van der Waals surface area contributed by atoms with Crippen LogP contribution in [-0.2, 0) is 9.47 Å². The van der Waals surface area contributed by atoms with Crippen molar-refractivity contribution in [2.24, 2.45) is 0 Å². The maximum Gasteiger partial charge on any atom is 0.375 e. The van der Waals surface area contributed by atoms with Gasteiger partial charge in [0, 0.05) is 0 Å². The van der Waals surface area contributed by atoms with Crippen molar-refractivity contribution in [2.75, 3.05) is 13.2 Å². The Kier molecular flexibility index (Phi) is 4.47. The molecule has 0 aliphatic carbocycles. The van der Waals surface area contributed by atoms with Crippen LogP contribution in [-0.4, -0.2) is 25.2 Å². The molecule has 0 N–H and O–H groups in total. The molecule has 21 heavy (non-hydrogen) atoms. The number of carbonyl (C=O) groups excluding carboxylic acids is 2. The molecule has 6 nitrogen and oxygen atoms in total. The van der Waals surface area contributed by atoms with Gasteiger partial charge in [-0.05, 0) is 32.9 Å². The molecule has 0 radical (unpaired) electrons. The zero-order valence-corrected chi connectivity index (χ0v) is 12.1. The molecule has 2 aromatic rings. The molecular weight excluding hydrogens is 276 g/mol. The second kappa shape index (κ2) is 6.30. The molecule has 0 aliphatic rings. The highest BCUT2D eigenvalue weighted by Crippen LogP contribution is 2.34. The fraction of sp³-hybridized carbons (Fsp3) is 0.333. The standard InChI is InChI=1S/C15H16O6/c1-4-18-14(16)11-9(3)21-13(15(17)19-5-2)12(11)10-7-6-8-20-10/h6-8H,4-5H2,1-3H3. The van der Waals surface area contributed by atoms with E-state index in [2.05, 4.69) is 0 Å². The maximum absolute atomic E-state index is 12.1. The van der Waals surface area contributed by atoms with E-state index >= 15 is 0 Å². The first kappa shape index (κ1) is 14.9. The van der Waals surface area contributed by atoms with Crippen LogP contribution in [0.5, 0.6) is 0 Å². The zero-order chi connectivity index (χ0) is 15.4. The van der Waals surface area contributed by atoms with E-state index in [0.29, 0.717) is 5.76 Å². The van der Waals surface area contributed by atoms with Gasteiger partial charge in [-0.15, -0.1) is 0 Å². The fourth-order valence-corrected chi connectivity index (χ4v) is 1.99. The molecule has 6 heteroatoms. The molecule has 0 bridgehead atoms. The first-order valence-electron chi connectivity index (χ1n) is 6.61. The molecule has 2 rings (SSSR count). The minimum absolute atomic E-state index is 0.0626. The Morgan fingerprint density at radius 1 is 1.14 bits per heavy atom. The second-order valence-corrected chi connectivity index (χ2v) is 4.16. The van der Waals surface area contributed by atoms with Crippen molar-refractivity contribution in [2.45, 2.75) is 20.8 Å². The molecular formula is C15H16O6. The highest BCUT2D eigenvalue weighted by molar-refractivity contribution is 6.04. The largest absolute Gasteiger partial charge is 0.464 e. The van der Waals surface area contributed by atoms with Crippen molar-refractivity contribution in [3.8, 4) is 11.3 Å². The van der Waals surface area contributed by atoms with E-state index in [1.54, 1.807) is 32.9 Å². The Morgan fingerprint density at radius 3 is 2.38 bits per heavy atom. The summed E-state index contributed by atoms with van der Waals surface area (Å²) in [4.78, 5) is 24.1. The summed E-state index contributed by atoms with van der Waals surface area (Å²) < 4.78 is 20.7. The van der Waals surface area contributed by atoms with Gasteiger partial charge in [0.25, 0.3) is 0 Å². The molecule has 0 amide bonds. The van der Waals surface area contributed by atoms with Crippen molar-refractivity contribution in [1.29, 1.82) is 0 Å². The molecule has 0 aliphatic heterocycles. The van der Waals surface area contributed by atoms with Gasteiger partial charge in [-0.25, -0.2) is 9.59 Å². The molecule has 0 saturated carbocycles. The molecule has 0 spiro atoms. The summed E-state index contributed by atoms with van der Waals surface area (Å²) in [7, 11) is 0. The first-order chi connectivity index (χ1) is 10.1. The Morgan fingerprint density at radius 2 is 1.81 bits per heavy atom. The summed E-state index contributed by atoms with van der Waals surface area (Å²) in [5.41, 5.74) is 0.434. The lowest BCUT2D eigenvalue weighted by atomic mass is 10.1. The van der Waals surface area contributed by atoms with Crippen molar-refractivity contribution in [1.82, 2.24) is 0 Å². The number of esters is 2. The number of hydrogen-bond donors (Lipinski definition) is 0. The van der Waals surface area contributed by atoms with Gasteiger partial charge < -0.3 is 18.3 Å². The lowest BCUT2D eigenvalue weighted by Gasteiger charge is -2.03. The van der Waals surface area contributed by atoms with Gasteiger partial charge in [0.15, 0.2) is 0 Å². The number of rotatable bonds is 5. The van der Waals surface area contributed by atoms with Crippen molar-refractivity contribution < 1.29 is 27.9 Å². The molecule has 2 aromatic heterocycles. The van der Waals surface area contributed by atoms with E-state index in [1.807, 2.05) is 0 Å². The molecule has 0 atom stereocenters. The quantitative estimate of drug-likeness (QED) is 0.787. The van der Waals surface area contributed by atoms with E-state index < -0.39 is 11.9 Å². The average molecular weight is 292 g/mol. The minimum atomic E-state index is -0.650. The van der Waals surface area contributed by atoms with Gasteiger partial charge in [0.1, 0.15) is 17.1 Å². The number of carbonyl (C=O) groups is 2. The summed E-state index contributed by atoms with van der Waals surface area (Å²) in [5, 5.41) is 0. The van der Waals surface area contributed by atoms with Crippen LogP contribution in [0.2, 0.25) is 0 Å². The number of furan rings is 2. The summed E-state index contributed by atoms with van der Waals surface area (Å²) in [6, 6.07) is 3.29. The maximum atomic E-state index is 12.1. The van der Waals surface area contributed by atoms with E-state index in [9.17, 15) is 9.59 Å². The number of ether oxygens (including phenoxy) is 2. The second-order valence-electron chi connectivity index (χ2n) is 4.16. The number of aryl methyl sites for hydroxylation is 1. The van der Waals surface area contributed by atoms with Crippen LogP contribution < -0.4 is 0 Å². The van der Waals surface area contributed by atoms with Crippen molar-refractivity contribution >= 4 is 11.9 Å². The molecule has 0 fully saturated rings. The number of hydrogen-bond acceptors (Lipinski definition) is 6. The molecule has 0 aromatic carbocycles. The SMILES string of the molecule is CCOC(=O)c1oc(C)c(C(=O)OCC)c1-c1ccco1. The van der Waals surface area contributed by atoms with Crippen LogP contribution in [0.15, 0.2) is 27.2 Å². The van der Waals surface area contributed by atoms with Gasteiger partial charge in [-0.2, -0.15) is 0 Å². The van der Waals surface area contributed by atoms with E-state index in [0.717, 1.165) is 0 Å². The van der Waals surface area contributed by atoms with Gasteiger partial charge >= 0.3 is 11.9 Å². The third-order valence-corrected chi connectivity index (χ3v) is 2.79. The van der Waals surface area contributed by atoms with Crippen LogP contribution in [0, 0.1) is 6.92 Å². The molecule has 0 unspecified atom stereocenters. The zero-order valence-electron chi connectivity index (χ0n) is 12.1. The summed E-state index contributed by atoms with van der Waals surface area (Å²) >= 11 is 0. The fourth-order valence-electron chi connectivity index (χ4n) is 1.99. The summed E-state index contributed by atoms with van der Waals surface area (Å²) in [5.74, 6) is -0.656. The van der Waals surface area contributed by atoms with E-state index in [-0.39, 0.29) is 35.9 Å². The predicted molar refractivity (Wildman–Crippen MR) is 73.1 cm³/mol. The third kappa shape index (κ3) is 2.84. The minimum Gasteiger partial charge on any atom is -0.464 e. The lowest BCUT2D eigenvalue weighted by molar-refractivity contribution is 0.0486. The highest BCUT2D eigenvalue weighted by atomic mass is 16.5. The van der Waals surface area contributed by atoms with Gasteiger partial charge in [-0.1, -0.05) is 0 Å². The Balaban J connectivity index is 2.60. The summed E-state index contributed by atoms with van der Waals surface area (Å²) in [6.45, 7) is 5.39. The average Bonchev–Trinajstić information content (AvgIpc) is 3.05. The monoisotopic (exact) mass is 292 g/mol. The highest BCUT2D eigenvalue weighted by Gasteiger charge is 2.31. The van der Waals surface area contributed by atoms with Gasteiger partial charge in [0.05, 0.1) is 25.0 Å². The summed E-state index contributed by atoms with van der Waals surface area (Å²) in [6.07, 6.45) is 1.45. The van der Waals surface area contributed by atoms with E-state index in [1.165, 1.54) is 6.26 Å². The molecule has 2 heterocycles. The Labute approximate surface area is 121 Å². The Bertz CT molecular complexity index is 635. The first-order valence-corrected chi connectivity index (χ1v) is 6.61. The van der Waals surface area contributed by atoms with Crippen LogP contribution in [0.1, 0.15) is 40.5 Å². The van der Waals surface area contributed by atoms with E-state index in [4.69, 9.17) is 18.3 Å². The van der Waals surface area contributed by atoms with Crippen molar-refractivity contribution in [3.63, 3.8) is 0 Å². The topological polar surface area (TPSA) is 78.9 Å².